The minimum absolute atomic E-state index is 0.714. The Kier molecular flexibility index (Phi) is 5.87. The summed E-state index contributed by atoms with van der Waals surface area (Å²) in [5, 5.41) is 11.7. The quantitative estimate of drug-likeness (QED) is 0.307. The van der Waals surface area contributed by atoms with Gasteiger partial charge in [-0.1, -0.05) is 109 Å². The maximum Gasteiger partial charge on any atom is 0.122 e. The molecular weight excluding hydrogens is 416 g/mol. The molecule has 0 aliphatic heterocycles. The van der Waals surface area contributed by atoms with Crippen molar-refractivity contribution in [1.29, 1.82) is 0 Å². The van der Waals surface area contributed by atoms with Gasteiger partial charge in [0.25, 0.3) is 0 Å². The van der Waals surface area contributed by atoms with Crippen molar-refractivity contribution in [2.24, 2.45) is 0 Å². The molecule has 168 valence electrons. The van der Waals surface area contributed by atoms with E-state index in [-0.39, 0.29) is 0 Å². The summed E-state index contributed by atoms with van der Waals surface area (Å²) in [6, 6.07) is 37.4. The standard InChI is InChI=1S/C31H28N2O/c1-23-13-12-20-28(24(23)2)30(34)29-21-32-22-33(29)31(25-14-6-3-7-15-25,26-16-8-4-9-17-26)27-18-10-5-11-19-27/h3-22,30,34H,1-2H3/t30-/m1/s1. The van der Waals surface area contributed by atoms with Crippen LogP contribution in [-0.2, 0) is 5.54 Å². The van der Waals surface area contributed by atoms with Crippen molar-refractivity contribution in [3.05, 3.63) is 161 Å². The van der Waals surface area contributed by atoms with E-state index in [4.69, 9.17) is 0 Å². The third kappa shape index (κ3) is 3.55. The van der Waals surface area contributed by atoms with Crippen molar-refractivity contribution in [2.75, 3.05) is 0 Å². The van der Waals surface area contributed by atoms with Gasteiger partial charge in [-0.05, 0) is 47.2 Å². The molecule has 3 heteroatoms. The average molecular weight is 445 g/mol. The van der Waals surface area contributed by atoms with E-state index >= 15 is 0 Å². The van der Waals surface area contributed by atoms with Crippen LogP contribution in [0.2, 0.25) is 0 Å². The predicted molar refractivity (Wildman–Crippen MR) is 137 cm³/mol. The van der Waals surface area contributed by atoms with Crippen molar-refractivity contribution in [1.82, 2.24) is 9.55 Å². The molecule has 1 atom stereocenters. The van der Waals surface area contributed by atoms with Gasteiger partial charge in [-0.3, -0.25) is 0 Å². The number of hydrogen-bond acceptors (Lipinski definition) is 2. The summed E-state index contributed by atoms with van der Waals surface area (Å²) in [5.74, 6) is 0. The van der Waals surface area contributed by atoms with Crippen LogP contribution < -0.4 is 0 Å². The molecule has 3 nitrogen and oxygen atoms in total. The van der Waals surface area contributed by atoms with Crippen LogP contribution in [0.15, 0.2) is 122 Å². The van der Waals surface area contributed by atoms with E-state index in [0.717, 1.165) is 39.1 Å². The molecule has 5 aromatic rings. The van der Waals surface area contributed by atoms with E-state index in [1.807, 2.05) is 36.7 Å². The monoisotopic (exact) mass is 444 g/mol. The lowest BCUT2D eigenvalue weighted by atomic mass is 9.76. The second kappa shape index (κ2) is 9.12. The third-order valence-electron chi connectivity index (χ3n) is 6.82. The fourth-order valence-electron chi connectivity index (χ4n) is 4.97. The SMILES string of the molecule is Cc1cccc([C@@H](O)c2cncn2C(c2ccccc2)(c2ccccc2)c2ccccc2)c1C. The first-order valence-electron chi connectivity index (χ1n) is 11.6. The van der Waals surface area contributed by atoms with Gasteiger partial charge in [-0.2, -0.15) is 0 Å². The van der Waals surface area contributed by atoms with Crippen molar-refractivity contribution in [3.8, 4) is 0 Å². The zero-order valence-electron chi connectivity index (χ0n) is 19.5. The molecule has 1 aromatic heterocycles. The van der Waals surface area contributed by atoms with Gasteiger partial charge in [0.15, 0.2) is 0 Å². The van der Waals surface area contributed by atoms with Crippen LogP contribution in [0.5, 0.6) is 0 Å². The number of aryl methyl sites for hydroxylation is 1. The second-order valence-corrected chi connectivity index (χ2v) is 8.69. The molecule has 0 saturated carbocycles. The van der Waals surface area contributed by atoms with Gasteiger partial charge in [-0.15, -0.1) is 0 Å². The van der Waals surface area contributed by atoms with Gasteiger partial charge >= 0.3 is 0 Å². The second-order valence-electron chi connectivity index (χ2n) is 8.69. The van der Waals surface area contributed by atoms with Gasteiger partial charge in [0.2, 0.25) is 0 Å². The van der Waals surface area contributed by atoms with Crippen LogP contribution in [0.4, 0.5) is 0 Å². The molecule has 4 aromatic carbocycles. The van der Waals surface area contributed by atoms with Gasteiger partial charge in [0.05, 0.1) is 18.2 Å². The van der Waals surface area contributed by atoms with Gasteiger partial charge in [-0.25, -0.2) is 4.98 Å². The van der Waals surface area contributed by atoms with Crippen LogP contribution in [0.3, 0.4) is 0 Å². The Labute approximate surface area is 201 Å². The summed E-state index contributed by atoms with van der Waals surface area (Å²) in [6.45, 7) is 4.14. The Hall–Kier alpha value is -3.95. The summed E-state index contributed by atoms with van der Waals surface area (Å²) in [4.78, 5) is 4.57. The lowest BCUT2D eigenvalue weighted by Gasteiger charge is -2.39. The third-order valence-corrected chi connectivity index (χ3v) is 6.82. The number of imidazole rings is 1. The first kappa shape index (κ1) is 21.9. The van der Waals surface area contributed by atoms with Crippen LogP contribution in [0, 0.1) is 13.8 Å². The first-order chi connectivity index (χ1) is 16.6. The zero-order valence-corrected chi connectivity index (χ0v) is 19.5. The fourth-order valence-corrected chi connectivity index (χ4v) is 4.97. The molecule has 0 aliphatic rings. The number of nitrogens with zero attached hydrogens (tertiary/aromatic N) is 2. The topological polar surface area (TPSA) is 38.1 Å². The van der Waals surface area contributed by atoms with Crippen LogP contribution >= 0.6 is 0 Å². The van der Waals surface area contributed by atoms with Gasteiger partial charge < -0.3 is 9.67 Å². The van der Waals surface area contributed by atoms with E-state index < -0.39 is 11.6 Å². The molecule has 1 N–H and O–H groups in total. The van der Waals surface area contributed by atoms with Crippen molar-refractivity contribution in [2.45, 2.75) is 25.5 Å². The molecule has 34 heavy (non-hydrogen) atoms. The molecular formula is C31H28N2O. The van der Waals surface area contributed by atoms with E-state index in [0.29, 0.717) is 0 Å². The predicted octanol–water partition coefficient (Wildman–Crippen LogP) is 6.42. The highest BCUT2D eigenvalue weighted by molar-refractivity contribution is 5.52. The molecule has 1 heterocycles. The lowest BCUT2D eigenvalue weighted by molar-refractivity contribution is 0.205. The van der Waals surface area contributed by atoms with Crippen molar-refractivity contribution in [3.63, 3.8) is 0 Å². The molecule has 0 spiro atoms. The lowest BCUT2D eigenvalue weighted by Crippen LogP contribution is -2.39. The summed E-state index contributed by atoms with van der Waals surface area (Å²) in [5.41, 5.74) is 6.46. The van der Waals surface area contributed by atoms with Crippen molar-refractivity contribution < 1.29 is 5.11 Å². The van der Waals surface area contributed by atoms with Gasteiger partial charge in [0, 0.05) is 0 Å². The maximum atomic E-state index is 11.7. The Morgan fingerprint density at radius 2 is 1.18 bits per heavy atom. The highest BCUT2D eigenvalue weighted by Crippen LogP contribution is 2.43. The Bertz CT molecular complexity index is 1280. The van der Waals surface area contributed by atoms with Crippen LogP contribution in [-0.4, -0.2) is 14.7 Å². The van der Waals surface area contributed by atoms with E-state index in [9.17, 15) is 5.11 Å². The molecule has 0 unspecified atom stereocenters. The molecule has 0 amide bonds. The number of aliphatic hydroxyl groups is 1. The number of hydrogen-bond donors (Lipinski definition) is 1. The van der Waals surface area contributed by atoms with Crippen LogP contribution in [0.25, 0.3) is 0 Å². The van der Waals surface area contributed by atoms with Crippen LogP contribution in [0.1, 0.15) is 45.2 Å². The molecule has 0 saturated heterocycles. The Morgan fingerprint density at radius 1 is 0.676 bits per heavy atom. The molecule has 5 rings (SSSR count). The molecule has 0 fully saturated rings. The summed E-state index contributed by atoms with van der Waals surface area (Å²) >= 11 is 0. The summed E-state index contributed by atoms with van der Waals surface area (Å²) in [6.07, 6.45) is 2.81. The zero-order chi connectivity index (χ0) is 23.5. The average Bonchev–Trinajstić information content (AvgIpc) is 3.38. The highest BCUT2D eigenvalue weighted by atomic mass is 16.3. The fraction of sp³-hybridized carbons (Fsp3) is 0.129. The molecule has 0 aliphatic carbocycles. The largest absolute Gasteiger partial charge is 0.382 e. The van der Waals surface area contributed by atoms with Crippen molar-refractivity contribution >= 4 is 0 Å². The highest BCUT2D eigenvalue weighted by Gasteiger charge is 2.40. The molecule has 0 bridgehead atoms. The van der Waals surface area contributed by atoms with E-state index in [1.165, 1.54) is 0 Å². The van der Waals surface area contributed by atoms with Gasteiger partial charge in [0.1, 0.15) is 11.6 Å². The normalized spacial score (nSPS) is 12.4. The Balaban J connectivity index is 1.84. The molecule has 0 radical (unpaired) electrons. The number of rotatable bonds is 6. The maximum absolute atomic E-state index is 11.7. The number of aliphatic hydroxyl groups excluding tert-OH is 1. The minimum Gasteiger partial charge on any atom is -0.382 e. The number of benzene rings is 4. The van der Waals surface area contributed by atoms with E-state index in [1.54, 1.807) is 6.20 Å². The first-order valence-corrected chi connectivity index (χ1v) is 11.6. The number of aromatic nitrogens is 2. The minimum atomic E-state index is -0.821. The smallest absolute Gasteiger partial charge is 0.122 e. The summed E-state index contributed by atoms with van der Waals surface area (Å²) < 4.78 is 2.14. The Morgan fingerprint density at radius 3 is 1.68 bits per heavy atom. The summed E-state index contributed by atoms with van der Waals surface area (Å²) in [7, 11) is 0. The van der Waals surface area contributed by atoms with E-state index in [2.05, 4.69) is 102 Å².